The molecule has 0 unspecified atom stereocenters. The SMILES string of the molecule is c1ccc(-c2cccc(-c3nc(-c4cc5oc6ccccc6c5cc4-n4c5ccccc5c5cc6ccccc6cc54)nc(-c4cccc5ccccc45)n3)c2)cc1. The Labute approximate surface area is 333 Å². The summed E-state index contributed by atoms with van der Waals surface area (Å²) in [6.07, 6.45) is 0. The second kappa shape index (κ2) is 12.8. The Kier molecular flexibility index (Phi) is 7.16. The molecule has 0 N–H and O–H groups in total. The van der Waals surface area contributed by atoms with Crippen LogP contribution < -0.4 is 0 Å². The molecule has 0 amide bonds. The molecule has 0 saturated carbocycles. The summed E-state index contributed by atoms with van der Waals surface area (Å²) in [6, 6.07) is 68.1. The third-order valence-electron chi connectivity index (χ3n) is 11.4. The lowest BCUT2D eigenvalue weighted by atomic mass is 10.0. The van der Waals surface area contributed by atoms with Crippen molar-refractivity contribution < 1.29 is 4.42 Å². The van der Waals surface area contributed by atoms with Gasteiger partial charge in [0.15, 0.2) is 17.5 Å². The van der Waals surface area contributed by atoms with Crippen molar-refractivity contribution in [1.29, 1.82) is 0 Å². The molecule has 12 aromatic rings. The maximum atomic E-state index is 6.59. The van der Waals surface area contributed by atoms with Crippen molar-refractivity contribution in [2.24, 2.45) is 0 Å². The Hall–Kier alpha value is -7.89. The van der Waals surface area contributed by atoms with Crippen molar-refractivity contribution in [3.05, 3.63) is 194 Å². The average Bonchev–Trinajstić information content (AvgIpc) is 3.82. The van der Waals surface area contributed by atoms with Crippen molar-refractivity contribution in [3.63, 3.8) is 0 Å². The molecular weight excluding hydrogens is 709 g/mol. The minimum Gasteiger partial charge on any atom is -0.456 e. The molecule has 0 aliphatic rings. The van der Waals surface area contributed by atoms with E-state index in [2.05, 4.69) is 180 Å². The van der Waals surface area contributed by atoms with Gasteiger partial charge in [0.2, 0.25) is 0 Å². The minimum atomic E-state index is 0.558. The molecule has 0 bridgehead atoms. The highest BCUT2D eigenvalue weighted by atomic mass is 16.3. The molecule has 12 rings (SSSR count). The maximum Gasteiger partial charge on any atom is 0.166 e. The van der Waals surface area contributed by atoms with Crippen LogP contribution in [0.15, 0.2) is 199 Å². The second-order valence-corrected chi connectivity index (χ2v) is 14.8. The standard InChI is InChI=1S/C53H32N4O/c1-2-14-33(15-3-1)35-20-12-21-38(28-35)51-54-52(42-25-13-19-34-16-6-7-22-39(34)42)56-53(55-51)45-32-50-44(41-24-9-11-27-49(41)58-50)31-48(45)57-46-26-10-8-23-40(46)43-29-36-17-4-5-18-37(36)30-47(43)57/h1-32H. The van der Waals surface area contributed by atoms with Gasteiger partial charge in [-0.3, -0.25) is 0 Å². The monoisotopic (exact) mass is 740 g/mol. The lowest BCUT2D eigenvalue weighted by Crippen LogP contribution is -2.04. The number of benzene rings is 9. The van der Waals surface area contributed by atoms with Crippen LogP contribution in [0.25, 0.3) is 116 Å². The lowest BCUT2D eigenvalue weighted by molar-refractivity contribution is 0.669. The highest BCUT2D eigenvalue weighted by Crippen LogP contribution is 2.42. The normalized spacial score (nSPS) is 11.8. The van der Waals surface area contributed by atoms with Crippen molar-refractivity contribution in [2.75, 3.05) is 0 Å². The summed E-state index contributed by atoms with van der Waals surface area (Å²) in [5.41, 5.74) is 9.67. The molecule has 9 aromatic carbocycles. The highest BCUT2D eigenvalue weighted by molar-refractivity contribution is 6.15. The van der Waals surface area contributed by atoms with Crippen LogP contribution in [-0.2, 0) is 0 Å². The molecule has 0 aliphatic heterocycles. The number of para-hydroxylation sites is 2. The van der Waals surface area contributed by atoms with E-state index in [0.717, 1.165) is 77.2 Å². The van der Waals surface area contributed by atoms with E-state index in [9.17, 15) is 0 Å². The van der Waals surface area contributed by atoms with Gasteiger partial charge in [0.25, 0.3) is 0 Å². The van der Waals surface area contributed by atoms with Gasteiger partial charge in [-0.25, -0.2) is 15.0 Å². The van der Waals surface area contributed by atoms with Gasteiger partial charge < -0.3 is 8.98 Å². The van der Waals surface area contributed by atoms with Gasteiger partial charge in [0, 0.05) is 38.2 Å². The average molecular weight is 741 g/mol. The Balaban J connectivity index is 1.19. The zero-order chi connectivity index (χ0) is 38.2. The zero-order valence-corrected chi connectivity index (χ0v) is 31.2. The molecule has 270 valence electrons. The lowest BCUT2D eigenvalue weighted by Gasteiger charge is -2.16. The summed E-state index contributed by atoms with van der Waals surface area (Å²) < 4.78 is 8.97. The van der Waals surface area contributed by atoms with Gasteiger partial charge in [-0.05, 0) is 75.1 Å². The Bertz CT molecular complexity index is 3580. The molecule has 5 heteroatoms. The van der Waals surface area contributed by atoms with Crippen LogP contribution in [-0.4, -0.2) is 19.5 Å². The Morgan fingerprint density at radius 1 is 0.328 bits per heavy atom. The number of furan rings is 1. The minimum absolute atomic E-state index is 0.558. The third-order valence-corrected chi connectivity index (χ3v) is 11.4. The van der Waals surface area contributed by atoms with E-state index >= 15 is 0 Å². The van der Waals surface area contributed by atoms with E-state index in [-0.39, 0.29) is 0 Å². The van der Waals surface area contributed by atoms with E-state index in [0.29, 0.717) is 17.5 Å². The smallest absolute Gasteiger partial charge is 0.166 e. The van der Waals surface area contributed by atoms with Crippen LogP contribution in [0, 0.1) is 0 Å². The molecule has 0 fully saturated rings. The Morgan fingerprint density at radius 2 is 0.948 bits per heavy atom. The summed E-state index contributed by atoms with van der Waals surface area (Å²) >= 11 is 0. The van der Waals surface area contributed by atoms with Crippen LogP contribution in [0.3, 0.4) is 0 Å². The number of hydrogen-bond donors (Lipinski definition) is 0. The van der Waals surface area contributed by atoms with Gasteiger partial charge in [-0.1, -0.05) is 152 Å². The largest absolute Gasteiger partial charge is 0.456 e. The predicted octanol–water partition coefficient (Wildman–Crippen LogP) is 13.8. The van der Waals surface area contributed by atoms with Gasteiger partial charge in [-0.2, -0.15) is 0 Å². The molecular formula is C53H32N4O. The summed E-state index contributed by atoms with van der Waals surface area (Å²) in [6.45, 7) is 0. The molecule has 3 aromatic heterocycles. The first-order chi connectivity index (χ1) is 28.7. The quantitative estimate of drug-likeness (QED) is 0.176. The van der Waals surface area contributed by atoms with Crippen LogP contribution in [0.5, 0.6) is 0 Å². The fraction of sp³-hybridized carbons (Fsp3) is 0. The van der Waals surface area contributed by atoms with Gasteiger partial charge in [-0.15, -0.1) is 0 Å². The molecule has 0 radical (unpaired) electrons. The van der Waals surface area contributed by atoms with Crippen molar-refractivity contribution in [3.8, 4) is 51.0 Å². The fourth-order valence-corrected chi connectivity index (χ4v) is 8.67. The van der Waals surface area contributed by atoms with Crippen LogP contribution >= 0.6 is 0 Å². The molecule has 58 heavy (non-hydrogen) atoms. The zero-order valence-electron chi connectivity index (χ0n) is 31.2. The number of fused-ring (bicyclic) bond motifs is 8. The van der Waals surface area contributed by atoms with E-state index < -0.39 is 0 Å². The number of nitrogens with zero attached hydrogens (tertiary/aromatic N) is 4. The first kappa shape index (κ1) is 32.4. The van der Waals surface area contributed by atoms with Crippen LogP contribution in [0.4, 0.5) is 0 Å². The summed E-state index contributed by atoms with van der Waals surface area (Å²) in [4.78, 5) is 16.0. The molecule has 0 aliphatic carbocycles. The van der Waals surface area contributed by atoms with Crippen molar-refractivity contribution in [2.45, 2.75) is 0 Å². The maximum absolute atomic E-state index is 6.59. The highest BCUT2D eigenvalue weighted by Gasteiger charge is 2.23. The third kappa shape index (κ3) is 5.14. The number of aromatic nitrogens is 4. The Morgan fingerprint density at radius 3 is 1.81 bits per heavy atom. The predicted molar refractivity (Wildman–Crippen MR) is 238 cm³/mol. The number of hydrogen-bond acceptors (Lipinski definition) is 4. The van der Waals surface area contributed by atoms with Gasteiger partial charge in [0.05, 0.1) is 16.7 Å². The van der Waals surface area contributed by atoms with Gasteiger partial charge >= 0.3 is 0 Å². The molecule has 0 spiro atoms. The van der Waals surface area contributed by atoms with Crippen LogP contribution in [0.2, 0.25) is 0 Å². The summed E-state index contributed by atoms with van der Waals surface area (Å²) in [5.74, 6) is 1.75. The number of rotatable bonds is 5. The van der Waals surface area contributed by atoms with E-state index in [1.165, 1.54) is 21.5 Å². The molecule has 0 atom stereocenters. The van der Waals surface area contributed by atoms with Crippen molar-refractivity contribution >= 4 is 65.3 Å². The van der Waals surface area contributed by atoms with E-state index in [4.69, 9.17) is 19.4 Å². The topological polar surface area (TPSA) is 56.7 Å². The van der Waals surface area contributed by atoms with E-state index in [1.807, 2.05) is 18.2 Å². The van der Waals surface area contributed by atoms with Crippen molar-refractivity contribution in [1.82, 2.24) is 19.5 Å². The molecule has 3 heterocycles. The van der Waals surface area contributed by atoms with Gasteiger partial charge in [0.1, 0.15) is 11.2 Å². The van der Waals surface area contributed by atoms with Crippen LogP contribution in [0.1, 0.15) is 0 Å². The molecule has 5 nitrogen and oxygen atoms in total. The summed E-state index contributed by atoms with van der Waals surface area (Å²) in [7, 11) is 0. The fourth-order valence-electron chi connectivity index (χ4n) is 8.67. The first-order valence-corrected chi connectivity index (χ1v) is 19.5. The first-order valence-electron chi connectivity index (χ1n) is 19.5. The summed E-state index contributed by atoms with van der Waals surface area (Å²) in [5, 5.41) is 9.02. The van der Waals surface area contributed by atoms with E-state index in [1.54, 1.807) is 0 Å². The molecule has 0 saturated heterocycles. The second-order valence-electron chi connectivity index (χ2n) is 14.8.